The van der Waals surface area contributed by atoms with E-state index in [4.69, 9.17) is 5.11 Å². The van der Waals surface area contributed by atoms with Crippen LogP contribution in [0.4, 0.5) is 0 Å². The lowest BCUT2D eigenvalue weighted by Crippen LogP contribution is -2.37. The summed E-state index contributed by atoms with van der Waals surface area (Å²) in [5, 5.41) is 8.81. The maximum Gasteiger partial charge on any atom is 0.303 e. The molecule has 0 radical (unpaired) electrons. The Hall–Kier alpha value is -0.570. The quantitative estimate of drug-likeness (QED) is 0.782. The molecule has 0 amide bonds. The molecule has 3 nitrogen and oxygen atoms in total. The Kier molecular flexibility index (Phi) is 5.48. The van der Waals surface area contributed by atoms with E-state index in [1.165, 1.54) is 45.1 Å². The van der Waals surface area contributed by atoms with Crippen molar-refractivity contribution >= 4 is 5.97 Å². The van der Waals surface area contributed by atoms with Gasteiger partial charge in [0.2, 0.25) is 0 Å². The van der Waals surface area contributed by atoms with E-state index in [1.807, 2.05) is 0 Å². The van der Waals surface area contributed by atoms with Crippen molar-refractivity contribution in [2.45, 2.75) is 57.8 Å². The average molecular weight is 253 g/mol. The lowest BCUT2D eigenvalue weighted by atomic mass is 9.92. The van der Waals surface area contributed by atoms with Crippen molar-refractivity contribution in [1.82, 2.24) is 4.90 Å². The molecule has 0 spiro atoms. The Balaban J connectivity index is 1.67. The molecule has 0 aromatic heterocycles. The zero-order chi connectivity index (χ0) is 12.8. The Morgan fingerprint density at radius 3 is 2.11 bits per heavy atom. The number of rotatable bonds is 4. The number of carbonyl (C=O) groups is 1. The maximum absolute atomic E-state index is 10.7. The van der Waals surface area contributed by atoms with Crippen LogP contribution in [0.3, 0.4) is 0 Å². The highest BCUT2D eigenvalue weighted by atomic mass is 16.4. The first-order valence-electron chi connectivity index (χ1n) is 7.68. The number of carboxylic acids is 1. The van der Waals surface area contributed by atoms with Crippen molar-refractivity contribution in [3.63, 3.8) is 0 Å². The van der Waals surface area contributed by atoms with Crippen molar-refractivity contribution in [2.24, 2.45) is 11.8 Å². The van der Waals surface area contributed by atoms with Crippen molar-refractivity contribution in [1.29, 1.82) is 0 Å². The second kappa shape index (κ2) is 7.13. The highest BCUT2D eigenvalue weighted by molar-refractivity contribution is 5.67. The first kappa shape index (κ1) is 13.9. The van der Waals surface area contributed by atoms with Gasteiger partial charge >= 0.3 is 5.97 Å². The van der Waals surface area contributed by atoms with Gasteiger partial charge in [0.25, 0.3) is 0 Å². The van der Waals surface area contributed by atoms with E-state index >= 15 is 0 Å². The van der Waals surface area contributed by atoms with E-state index in [9.17, 15) is 4.79 Å². The Bertz CT molecular complexity index is 251. The molecule has 0 unspecified atom stereocenters. The number of piperidine rings is 1. The molecule has 1 saturated carbocycles. The maximum atomic E-state index is 10.7. The van der Waals surface area contributed by atoms with E-state index in [2.05, 4.69) is 4.90 Å². The van der Waals surface area contributed by atoms with Crippen LogP contribution in [0.25, 0.3) is 0 Å². The van der Waals surface area contributed by atoms with Crippen molar-refractivity contribution in [3.8, 4) is 0 Å². The second-order valence-electron chi connectivity index (χ2n) is 6.20. The third kappa shape index (κ3) is 4.60. The zero-order valence-corrected chi connectivity index (χ0v) is 11.4. The summed E-state index contributed by atoms with van der Waals surface area (Å²) in [6, 6.07) is 0. The number of hydrogen-bond acceptors (Lipinski definition) is 2. The summed E-state index contributed by atoms with van der Waals surface area (Å²) in [6.07, 6.45) is 11.0. The molecule has 1 saturated heterocycles. The average Bonchev–Trinajstić information content (AvgIpc) is 2.60. The van der Waals surface area contributed by atoms with Crippen LogP contribution >= 0.6 is 0 Å². The minimum absolute atomic E-state index is 0.372. The number of hydrogen-bond donors (Lipinski definition) is 1. The van der Waals surface area contributed by atoms with E-state index in [0.29, 0.717) is 12.3 Å². The topological polar surface area (TPSA) is 40.5 Å². The Labute approximate surface area is 111 Å². The summed E-state index contributed by atoms with van der Waals surface area (Å²) in [5.41, 5.74) is 0. The molecular formula is C15H27NO2. The summed E-state index contributed by atoms with van der Waals surface area (Å²) in [4.78, 5) is 13.3. The summed E-state index contributed by atoms with van der Waals surface area (Å²) in [5.74, 6) is 0.702. The molecule has 2 rings (SSSR count). The summed E-state index contributed by atoms with van der Waals surface area (Å²) >= 11 is 0. The molecule has 1 aliphatic heterocycles. The summed E-state index contributed by atoms with van der Waals surface area (Å²) in [6.45, 7) is 3.50. The lowest BCUT2D eigenvalue weighted by Gasteiger charge is -2.33. The Morgan fingerprint density at radius 1 is 0.944 bits per heavy atom. The van der Waals surface area contributed by atoms with Gasteiger partial charge in [0.15, 0.2) is 0 Å². The minimum atomic E-state index is -0.628. The predicted octanol–water partition coefficient (Wildman–Crippen LogP) is 3.14. The predicted molar refractivity (Wildman–Crippen MR) is 72.6 cm³/mol. The molecule has 1 N–H and O–H groups in total. The molecule has 0 bridgehead atoms. The van der Waals surface area contributed by atoms with Gasteiger partial charge in [-0.3, -0.25) is 4.79 Å². The number of aliphatic carboxylic acids is 1. The van der Waals surface area contributed by atoms with Crippen molar-refractivity contribution in [2.75, 3.05) is 19.6 Å². The highest BCUT2D eigenvalue weighted by Crippen LogP contribution is 2.26. The van der Waals surface area contributed by atoms with Crippen LogP contribution in [0.15, 0.2) is 0 Å². The highest BCUT2D eigenvalue weighted by Gasteiger charge is 2.23. The molecule has 104 valence electrons. The second-order valence-corrected chi connectivity index (χ2v) is 6.20. The standard InChI is InChI=1S/C15H27NO2/c17-15(18)11-13-7-9-16(10-8-13)12-14-5-3-1-2-4-6-14/h13-14H,1-12H2,(H,17,18). The lowest BCUT2D eigenvalue weighted by molar-refractivity contribution is -0.138. The van der Waals surface area contributed by atoms with Crippen LogP contribution in [0.2, 0.25) is 0 Å². The normalized spacial score (nSPS) is 24.9. The van der Waals surface area contributed by atoms with Crippen LogP contribution in [-0.2, 0) is 4.79 Å². The van der Waals surface area contributed by atoms with E-state index in [-0.39, 0.29) is 0 Å². The molecule has 1 aliphatic carbocycles. The van der Waals surface area contributed by atoms with Crippen LogP contribution in [0.1, 0.15) is 57.8 Å². The zero-order valence-electron chi connectivity index (χ0n) is 11.4. The molecule has 0 atom stereocenters. The minimum Gasteiger partial charge on any atom is -0.481 e. The van der Waals surface area contributed by atoms with Crippen molar-refractivity contribution < 1.29 is 9.90 Å². The van der Waals surface area contributed by atoms with Gasteiger partial charge < -0.3 is 10.0 Å². The first-order chi connectivity index (χ1) is 8.74. The number of nitrogens with zero attached hydrogens (tertiary/aromatic N) is 1. The van der Waals surface area contributed by atoms with Crippen LogP contribution in [0.5, 0.6) is 0 Å². The molecule has 2 fully saturated rings. The van der Waals surface area contributed by atoms with Gasteiger partial charge in [0, 0.05) is 13.0 Å². The fraction of sp³-hybridized carbons (Fsp3) is 0.933. The third-order valence-electron chi connectivity index (χ3n) is 4.66. The molecule has 0 aromatic carbocycles. The van der Waals surface area contributed by atoms with Crippen LogP contribution in [-0.4, -0.2) is 35.6 Å². The van der Waals surface area contributed by atoms with E-state index in [0.717, 1.165) is 31.8 Å². The van der Waals surface area contributed by atoms with Gasteiger partial charge in [0.05, 0.1) is 0 Å². The van der Waals surface area contributed by atoms with Gasteiger partial charge in [-0.15, -0.1) is 0 Å². The van der Waals surface area contributed by atoms with Crippen molar-refractivity contribution in [3.05, 3.63) is 0 Å². The third-order valence-corrected chi connectivity index (χ3v) is 4.66. The molecule has 3 heteroatoms. The van der Waals surface area contributed by atoms with Gasteiger partial charge in [-0.05, 0) is 50.6 Å². The molecule has 0 aromatic rings. The fourth-order valence-corrected chi connectivity index (χ4v) is 3.53. The largest absolute Gasteiger partial charge is 0.481 e. The molecule has 2 aliphatic rings. The fourth-order valence-electron chi connectivity index (χ4n) is 3.53. The molecular weight excluding hydrogens is 226 g/mol. The van der Waals surface area contributed by atoms with E-state index in [1.54, 1.807) is 0 Å². The monoisotopic (exact) mass is 253 g/mol. The SMILES string of the molecule is O=C(O)CC1CCN(CC2CCCCCC2)CC1. The number of likely N-dealkylation sites (tertiary alicyclic amines) is 1. The van der Waals surface area contributed by atoms with Gasteiger partial charge in [-0.25, -0.2) is 0 Å². The number of carboxylic acid groups (broad SMARTS) is 1. The van der Waals surface area contributed by atoms with Gasteiger partial charge in [-0.1, -0.05) is 25.7 Å². The summed E-state index contributed by atoms with van der Waals surface area (Å²) < 4.78 is 0. The first-order valence-corrected chi connectivity index (χ1v) is 7.68. The Morgan fingerprint density at radius 2 is 1.56 bits per heavy atom. The molecule has 18 heavy (non-hydrogen) atoms. The smallest absolute Gasteiger partial charge is 0.303 e. The van der Waals surface area contributed by atoms with Crippen LogP contribution < -0.4 is 0 Å². The van der Waals surface area contributed by atoms with E-state index < -0.39 is 5.97 Å². The molecule has 1 heterocycles. The summed E-state index contributed by atoms with van der Waals surface area (Å²) in [7, 11) is 0. The van der Waals surface area contributed by atoms with Gasteiger partial charge in [0.1, 0.15) is 0 Å². The van der Waals surface area contributed by atoms with Gasteiger partial charge in [-0.2, -0.15) is 0 Å². The van der Waals surface area contributed by atoms with Crippen LogP contribution in [0, 0.1) is 11.8 Å².